The molecule has 0 aliphatic rings. The topological polar surface area (TPSA) is 49.4 Å². The maximum Gasteiger partial charge on any atom is 0.243 e. The van der Waals surface area contributed by atoms with Gasteiger partial charge in [0.1, 0.15) is 6.04 Å². The molecule has 0 spiro atoms. The number of carbonyl (C=O) groups is 2. The summed E-state index contributed by atoms with van der Waals surface area (Å²) >= 11 is 13.6. The van der Waals surface area contributed by atoms with Crippen LogP contribution in [0.5, 0.6) is 0 Å². The Labute approximate surface area is 199 Å². The fourth-order valence-electron chi connectivity index (χ4n) is 3.11. The number of hydrogen-bond donors (Lipinski definition) is 1. The molecule has 0 aliphatic carbocycles. The summed E-state index contributed by atoms with van der Waals surface area (Å²) in [6.45, 7) is 6.29. The average Bonchev–Trinajstić information content (AvgIpc) is 2.74. The van der Waals surface area contributed by atoms with Crippen molar-refractivity contribution >= 4 is 46.8 Å². The van der Waals surface area contributed by atoms with Crippen LogP contribution in [0.4, 0.5) is 0 Å². The number of nitrogens with zero attached hydrogens (tertiary/aromatic N) is 1. The van der Waals surface area contributed by atoms with E-state index in [-0.39, 0.29) is 23.6 Å². The monoisotopic (exact) mass is 480 g/mol. The van der Waals surface area contributed by atoms with E-state index in [1.54, 1.807) is 17.0 Å². The van der Waals surface area contributed by atoms with Crippen LogP contribution in [0.15, 0.2) is 48.5 Å². The molecule has 0 aliphatic heterocycles. The molecule has 0 heterocycles. The molecule has 0 saturated heterocycles. The van der Waals surface area contributed by atoms with Gasteiger partial charge >= 0.3 is 0 Å². The van der Waals surface area contributed by atoms with Gasteiger partial charge in [-0.05, 0) is 55.2 Å². The Bertz CT molecular complexity index is 861. The predicted molar refractivity (Wildman–Crippen MR) is 132 cm³/mol. The Hall–Kier alpha value is -1.69. The lowest BCUT2D eigenvalue weighted by Crippen LogP contribution is -2.51. The largest absolute Gasteiger partial charge is 0.352 e. The van der Waals surface area contributed by atoms with Crippen LogP contribution in [0.25, 0.3) is 0 Å². The number of benzene rings is 2. The summed E-state index contributed by atoms with van der Waals surface area (Å²) in [4.78, 5) is 27.8. The van der Waals surface area contributed by atoms with Crippen molar-refractivity contribution in [3.8, 4) is 0 Å². The van der Waals surface area contributed by atoms with Crippen molar-refractivity contribution in [2.75, 3.05) is 5.75 Å². The quantitative estimate of drug-likeness (QED) is 0.432. The molecule has 0 aromatic heterocycles. The van der Waals surface area contributed by atoms with E-state index in [0.29, 0.717) is 28.8 Å². The first-order valence-electron chi connectivity index (χ1n) is 10.5. The molecule has 0 unspecified atom stereocenters. The lowest BCUT2D eigenvalue weighted by molar-refractivity contribution is -0.139. The van der Waals surface area contributed by atoms with Crippen molar-refractivity contribution in [3.05, 3.63) is 69.7 Å². The summed E-state index contributed by atoms with van der Waals surface area (Å²) in [6.07, 6.45) is 1.38. The molecule has 31 heavy (non-hydrogen) atoms. The van der Waals surface area contributed by atoms with E-state index in [2.05, 4.69) is 5.32 Å². The second kappa shape index (κ2) is 13.0. The summed E-state index contributed by atoms with van der Waals surface area (Å²) in [5, 5.41) is 4.34. The van der Waals surface area contributed by atoms with E-state index in [0.717, 1.165) is 17.5 Å². The number of nitrogens with one attached hydrogen (secondary N) is 1. The van der Waals surface area contributed by atoms with Crippen LogP contribution >= 0.6 is 35.0 Å². The molecule has 0 bridgehead atoms. The van der Waals surface area contributed by atoms with Crippen LogP contribution < -0.4 is 5.32 Å². The lowest BCUT2D eigenvalue weighted by Gasteiger charge is -2.31. The van der Waals surface area contributed by atoms with Crippen molar-refractivity contribution in [1.82, 2.24) is 10.2 Å². The van der Waals surface area contributed by atoms with E-state index in [4.69, 9.17) is 23.2 Å². The molecule has 2 aromatic carbocycles. The molecule has 0 fully saturated rings. The first-order chi connectivity index (χ1) is 14.8. The fraction of sp³-hybridized carbons (Fsp3) is 0.417. The zero-order valence-electron chi connectivity index (χ0n) is 18.2. The number of hydrogen-bond acceptors (Lipinski definition) is 3. The Morgan fingerprint density at radius 1 is 1.00 bits per heavy atom. The molecule has 4 nitrogen and oxygen atoms in total. The summed E-state index contributed by atoms with van der Waals surface area (Å²) in [5.74, 6) is 0.789. The SMILES string of the molecule is CC[C@@H](C)NC(=O)[C@H](CC)N(Cc1ccc(Cl)cc1)C(=O)CSCc1cccc(Cl)c1. The molecule has 2 atom stereocenters. The van der Waals surface area contributed by atoms with E-state index in [9.17, 15) is 9.59 Å². The highest BCUT2D eigenvalue weighted by molar-refractivity contribution is 7.99. The minimum absolute atomic E-state index is 0.0613. The van der Waals surface area contributed by atoms with Gasteiger partial charge in [-0.1, -0.05) is 61.3 Å². The van der Waals surface area contributed by atoms with Gasteiger partial charge in [0.25, 0.3) is 0 Å². The molecule has 168 valence electrons. The lowest BCUT2D eigenvalue weighted by atomic mass is 10.1. The second-order valence-electron chi connectivity index (χ2n) is 7.51. The minimum atomic E-state index is -0.524. The van der Waals surface area contributed by atoms with Crippen molar-refractivity contribution in [3.63, 3.8) is 0 Å². The van der Waals surface area contributed by atoms with Gasteiger partial charge in [0.2, 0.25) is 11.8 Å². The molecule has 0 radical (unpaired) electrons. The highest BCUT2D eigenvalue weighted by Crippen LogP contribution is 2.20. The van der Waals surface area contributed by atoms with Gasteiger partial charge < -0.3 is 10.2 Å². The van der Waals surface area contributed by atoms with Crippen LogP contribution in [0, 0.1) is 0 Å². The van der Waals surface area contributed by atoms with Gasteiger partial charge in [-0.15, -0.1) is 11.8 Å². The summed E-state index contributed by atoms with van der Waals surface area (Å²) in [5.41, 5.74) is 2.00. The Balaban J connectivity index is 2.13. The smallest absolute Gasteiger partial charge is 0.243 e. The van der Waals surface area contributed by atoms with Crippen molar-refractivity contribution in [2.45, 2.75) is 58.0 Å². The maximum absolute atomic E-state index is 13.2. The van der Waals surface area contributed by atoms with E-state index in [1.165, 1.54) is 11.8 Å². The van der Waals surface area contributed by atoms with Crippen molar-refractivity contribution in [2.24, 2.45) is 0 Å². The van der Waals surface area contributed by atoms with Crippen LogP contribution in [-0.2, 0) is 21.9 Å². The summed E-state index contributed by atoms with van der Waals surface area (Å²) in [6, 6.07) is 14.5. The predicted octanol–water partition coefficient (Wildman–Crippen LogP) is 5.95. The van der Waals surface area contributed by atoms with E-state index in [1.807, 2.05) is 57.2 Å². The normalized spacial score (nSPS) is 12.8. The molecule has 2 rings (SSSR count). The second-order valence-corrected chi connectivity index (χ2v) is 9.37. The number of halogens is 2. The third-order valence-corrected chi connectivity index (χ3v) is 6.51. The van der Waals surface area contributed by atoms with Crippen LogP contribution in [0.3, 0.4) is 0 Å². The zero-order chi connectivity index (χ0) is 22.8. The van der Waals surface area contributed by atoms with Gasteiger partial charge in [0.15, 0.2) is 0 Å². The molecule has 0 saturated carbocycles. The number of carbonyl (C=O) groups excluding carboxylic acids is 2. The molecular formula is C24H30Cl2N2O2S. The Morgan fingerprint density at radius 2 is 1.71 bits per heavy atom. The molecular weight excluding hydrogens is 451 g/mol. The van der Waals surface area contributed by atoms with E-state index < -0.39 is 6.04 Å². The first kappa shape index (κ1) is 25.6. The number of thioether (sulfide) groups is 1. The van der Waals surface area contributed by atoms with Crippen LogP contribution in [0.2, 0.25) is 10.0 Å². The fourth-order valence-corrected chi connectivity index (χ4v) is 4.31. The van der Waals surface area contributed by atoms with Gasteiger partial charge in [-0.2, -0.15) is 0 Å². The average molecular weight is 481 g/mol. The number of rotatable bonds is 11. The van der Waals surface area contributed by atoms with Crippen molar-refractivity contribution < 1.29 is 9.59 Å². The van der Waals surface area contributed by atoms with Gasteiger partial charge in [0, 0.05) is 28.4 Å². The van der Waals surface area contributed by atoms with Gasteiger partial charge in [0.05, 0.1) is 5.75 Å². The van der Waals surface area contributed by atoms with Gasteiger partial charge in [-0.3, -0.25) is 9.59 Å². The third-order valence-electron chi connectivity index (χ3n) is 5.04. The Kier molecular flexibility index (Phi) is 10.7. The summed E-state index contributed by atoms with van der Waals surface area (Å²) < 4.78 is 0. The van der Waals surface area contributed by atoms with E-state index >= 15 is 0 Å². The standard InChI is InChI=1S/C24H30Cl2N2O2S/c1-4-17(3)27-24(30)22(5-2)28(14-18-9-11-20(25)12-10-18)23(29)16-31-15-19-7-6-8-21(26)13-19/h6-13,17,22H,4-5,14-16H2,1-3H3,(H,27,30)/t17-,22+/m1/s1. The molecule has 2 amide bonds. The maximum atomic E-state index is 13.2. The number of amides is 2. The first-order valence-corrected chi connectivity index (χ1v) is 12.4. The van der Waals surface area contributed by atoms with Gasteiger partial charge in [-0.25, -0.2) is 0 Å². The highest BCUT2D eigenvalue weighted by atomic mass is 35.5. The minimum Gasteiger partial charge on any atom is -0.352 e. The molecule has 7 heteroatoms. The molecule has 1 N–H and O–H groups in total. The van der Waals surface area contributed by atoms with Crippen LogP contribution in [0.1, 0.15) is 44.7 Å². The summed E-state index contributed by atoms with van der Waals surface area (Å²) in [7, 11) is 0. The van der Waals surface area contributed by atoms with Crippen LogP contribution in [-0.4, -0.2) is 34.6 Å². The Morgan fingerprint density at radius 3 is 2.32 bits per heavy atom. The molecule has 2 aromatic rings. The third kappa shape index (κ3) is 8.40. The van der Waals surface area contributed by atoms with Crippen molar-refractivity contribution in [1.29, 1.82) is 0 Å². The zero-order valence-corrected chi connectivity index (χ0v) is 20.6. The highest BCUT2D eigenvalue weighted by Gasteiger charge is 2.29.